The van der Waals surface area contributed by atoms with Gasteiger partial charge in [0.1, 0.15) is 0 Å². The van der Waals surface area contributed by atoms with Gasteiger partial charge >= 0.3 is 0 Å². The number of para-hydroxylation sites is 1. The summed E-state index contributed by atoms with van der Waals surface area (Å²) in [6, 6.07) is 14.8. The molecule has 1 heterocycles. The summed E-state index contributed by atoms with van der Waals surface area (Å²) >= 11 is 0. The molecule has 2 N–H and O–H groups in total. The van der Waals surface area contributed by atoms with Gasteiger partial charge in [-0.05, 0) is 37.5 Å². The number of hydrazone groups is 1. The van der Waals surface area contributed by atoms with Gasteiger partial charge in [-0.1, -0.05) is 30.3 Å². The molecule has 0 aliphatic carbocycles. The normalized spacial score (nSPS) is 15.1. The van der Waals surface area contributed by atoms with Gasteiger partial charge in [-0.15, -0.1) is 0 Å². The van der Waals surface area contributed by atoms with Crippen molar-refractivity contribution in [3.8, 4) is 0 Å². The number of carbonyl (C=O) groups excluding carboxylic acids is 2. The lowest BCUT2D eigenvalue weighted by Gasteiger charge is -2.33. The number of hydrogen-bond acceptors (Lipinski definition) is 7. The Morgan fingerprint density at radius 3 is 2.53 bits per heavy atom. The lowest BCUT2D eigenvalue weighted by molar-refractivity contribution is -0.385. The quantitative estimate of drug-likeness (QED) is 0.226. The number of ether oxygens (including phenoxy) is 1. The molecular weight excluding hydrogens is 438 g/mol. The van der Waals surface area contributed by atoms with Gasteiger partial charge in [0.15, 0.2) is 0 Å². The molecule has 1 aliphatic rings. The van der Waals surface area contributed by atoms with Crippen LogP contribution in [0.1, 0.15) is 35.2 Å². The molecule has 2 amide bonds. The third kappa shape index (κ3) is 7.46. The van der Waals surface area contributed by atoms with Crippen molar-refractivity contribution in [2.45, 2.75) is 25.3 Å². The SMILES string of the molecule is O=C(NCCCCC(C(=O)N/N=C/c1ccccc1[N+](=O)[O-])N1CCOCC1)c1ccccc1. The van der Waals surface area contributed by atoms with Gasteiger partial charge in [-0.3, -0.25) is 24.6 Å². The predicted molar refractivity (Wildman–Crippen MR) is 128 cm³/mol. The van der Waals surface area contributed by atoms with E-state index in [2.05, 4.69) is 20.7 Å². The van der Waals surface area contributed by atoms with Crippen LogP contribution in [0, 0.1) is 10.1 Å². The minimum absolute atomic E-state index is 0.0808. The molecule has 0 bridgehead atoms. The van der Waals surface area contributed by atoms with E-state index >= 15 is 0 Å². The van der Waals surface area contributed by atoms with Crippen LogP contribution in [0.25, 0.3) is 0 Å². The second kappa shape index (κ2) is 13.2. The maximum Gasteiger partial charge on any atom is 0.278 e. The molecule has 10 nitrogen and oxygen atoms in total. The topological polar surface area (TPSA) is 126 Å². The summed E-state index contributed by atoms with van der Waals surface area (Å²) < 4.78 is 5.40. The van der Waals surface area contributed by atoms with Gasteiger partial charge in [0.05, 0.1) is 36.0 Å². The zero-order valence-electron chi connectivity index (χ0n) is 18.9. The average Bonchev–Trinajstić information content (AvgIpc) is 2.87. The number of nitro benzene ring substituents is 1. The Morgan fingerprint density at radius 1 is 1.09 bits per heavy atom. The molecule has 1 aliphatic heterocycles. The Bertz CT molecular complexity index is 992. The maximum atomic E-state index is 12.9. The summed E-state index contributed by atoms with van der Waals surface area (Å²) in [5.41, 5.74) is 3.38. The number of hydrogen-bond donors (Lipinski definition) is 2. The second-order valence-electron chi connectivity index (χ2n) is 7.83. The minimum Gasteiger partial charge on any atom is -0.379 e. The Kier molecular flexibility index (Phi) is 9.68. The van der Waals surface area contributed by atoms with Crippen molar-refractivity contribution in [3.05, 3.63) is 75.8 Å². The lowest BCUT2D eigenvalue weighted by atomic mass is 10.1. The first-order valence-electron chi connectivity index (χ1n) is 11.3. The molecule has 1 atom stereocenters. The minimum atomic E-state index is -0.490. The van der Waals surface area contributed by atoms with E-state index in [0.717, 1.165) is 12.8 Å². The van der Waals surface area contributed by atoms with Gasteiger partial charge in [-0.25, -0.2) is 5.43 Å². The Labute approximate surface area is 198 Å². The fourth-order valence-corrected chi connectivity index (χ4v) is 3.73. The maximum absolute atomic E-state index is 12.9. The van der Waals surface area contributed by atoms with Gasteiger partial charge in [0.2, 0.25) is 0 Å². The van der Waals surface area contributed by atoms with Crippen LogP contribution in [-0.4, -0.2) is 66.7 Å². The van der Waals surface area contributed by atoms with E-state index in [1.807, 2.05) is 18.2 Å². The first kappa shape index (κ1) is 25.0. The summed E-state index contributed by atoms with van der Waals surface area (Å²) in [6.07, 6.45) is 3.34. The number of nitro groups is 1. The summed E-state index contributed by atoms with van der Waals surface area (Å²) in [4.78, 5) is 37.7. The van der Waals surface area contributed by atoms with Crippen LogP contribution in [0.3, 0.4) is 0 Å². The molecule has 2 aromatic carbocycles. The van der Waals surface area contributed by atoms with Crippen molar-refractivity contribution in [1.29, 1.82) is 0 Å². The molecule has 3 rings (SSSR count). The van der Waals surface area contributed by atoms with Crippen molar-refractivity contribution in [2.75, 3.05) is 32.8 Å². The third-order valence-corrected chi connectivity index (χ3v) is 5.53. The van der Waals surface area contributed by atoms with Crippen LogP contribution >= 0.6 is 0 Å². The van der Waals surface area contributed by atoms with Crippen LogP contribution in [0.15, 0.2) is 59.7 Å². The Hall–Kier alpha value is -3.63. The number of amides is 2. The highest BCUT2D eigenvalue weighted by Gasteiger charge is 2.27. The van der Waals surface area contributed by atoms with E-state index in [4.69, 9.17) is 4.74 Å². The fourth-order valence-electron chi connectivity index (χ4n) is 3.73. The molecule has 0 saturated carbocycles. The van der Waals surface area contributed by atoms with Gasteiger partial charge in [0, 0.05) is 31.3 Å². The number of rotatable bonds is 11. The van der Waals surface area contributed by atoms with Crippen LogP contribution in [0.5, 0.6) is 0 Å². The molecule has 34 heavy (non-hydrogen) atoms. The zero-order valence-corrected chi connectivity index (χ0v) is 18.9. The van der Waals surface area contributed by atoms with Gasteiger partial charge < -0.3 is 10.1 Å². The smallest absolute Gasteiger partial charge is 0.278 e. The molecule has 2 aromatic rings. The van der Waals surface area contributed by atoms with E-state index in [1.54, 1.807) is 30.3 Å². The highest BCUT2D eigenvalue weighted by molar-refractivity contribution is 5.94. The Balaban J connectivity index is 1.52. The second-order valence-corrected chi connectivity index (χ2v) is 7.83. The fraction of sp³-hybridized carbons (Fsp3) is 0.375. The highest BCUT2D eigenvalue weighted by Crippen LogP contribution is 2.15. The molecule has 0 spiro atoms. The van der Waals surface area contributed by atoms with Gasteiger partial charge in [0.25, 0.3) is 17.5 Å². The van der Waals surface area contributed by atoms with Crippen LogP contribution < -0.4 is 10.7 Å². The summed E-state index contributed by atoms with van der Waals surface area (Å²) in [5.74, 6) is -0.391. The molecule has 1 saturated heterocycles. The van der Waals surface area contributed by atoms with Crippen molar-refractivity contribution in [3.63, 3.8) is 0 Å². The highest BCUT2D eigenvalue weighted by atomic mass is 16.6. The van der Waals surface area contributed by atoms with E-state index in [9.17, 15) is 19.7 Å². The van der Waals surface area contributed by atoms with Crippen molar-refractivity contribution < 1.29 is 19.2 Å². The first-order valence-corrected chi connectivity index (χ1v) is 11.3. The van der Waals surface area contributed by atoms with Crippen molar-refractivity contribution >= 4 is 23.7 Å². The van der Waals surface area contributed by atoms with Gasteiger partial charge in [-0.2, -0.15) is 5.10 Å². The van der Waals surface area contributed by atoms with Crippen LogP contribution in [0.4, 0.5) is 5.69 Å². The molecule has 0 radical (unpaired) electrons. The lowest BCUT2D eigenvalue weighted by Crippen LogP contribution is -2.50. The summed E-state index contributed by atoms with van der Waals surface area (Å²) in [5, 5.41) is 18.0. The van der Waals surface area contributed by atoms with E-state index < -0.39 is 11.0 Å². The Morgan fingerprint density at radius 2 is 1.79 bits per heavy atom. The summed E-state index contributed by atoms with van der Waals surface area (Å²) in [6.45, 7) is 2.89. The molecule has 1 fully saturated rings. The zero-order chi connectivity index (χ0) is 24.2. The monoisotopic (exact) mass is 467 g/mol. The standard InChI is InChI=1S/C24H29N5O5/c30-23(19-8-2-1-3-9-19)25-13-7-6-12-22(28-14-16-34-17-15-28)24(31)27-26-18-20-10-4-5-11-21(20)29(32)33/h1-5,8-11,18,22H,6-7,12-17H2,(H,25,30)(H,27,31)/b26-18+. The molecular formula is C24H29N5O5. The van der Waals surface area contributed by atoms with Crippen LogP contribution in [-0.2, 0) is 9.53 Å². The van der Waals surface area contributed by atoms with E-state index in [-0.39, 0.29) is 17.5 Å². The molecule has 0 aromatic heterocycles. The average molecular weight is 468 g/mol. The number of nitrogens with one attached hydrogen (secondary N) is 2. The number of morpholine rings is 1. The number of benzene rings is 2. The largest absolute Gasteiger partial charge is 0.379 e. The van der Waals surface area contributed by atoms with E-state index in [1.165, 1.54) is 12.3 Å². The number of carbonyl (C=O) groups is 2. The molecule has 1 unspecified atom stereocenters. The van der Waals surface area contributed by atoms with Crippen molar-refractivity contribution in [2.24, 2.45) is 5.10 Å². The van der Waals surface area contributed by atoms with Crippen LogP contribution in [0.2, 0.25) is 0 Å². The first-order chi connectivity index (χ1) is 16.6. The third-order valence-electron chi connectivity index (χ3n) is 5.53. The molecule has 180 valence electrons. The number of nitrogens with zero attached hydrogens (tertiary/aromatic N) is 3. The molecule has 10 heteroatoms. The predicted octanol–water partition coefficient (Wildman–Crippen LogP) is 2.35. The van der Waals surface area contributed by atoms with E-state index in [0.29, 0.717) is 50.4 Å². The number of unbranched alkanes of at least 4 members (excludes halogenated alkanes) is 1. The van der Waals surface area contributed by atoms with Crippen molar-refractivity contribution in [1.82, 2.24) is 15.6 Å². The summed E-state index contributed by atoms with van der Waals surface area (Å²) in [7, 11) is 0.